The predicted molar refractivity (Wildman–Crippen MR) is 89.6 cm³/mol. The second-order valence-electron chi connectivity index (χ2n) is 6.62. The van der Waals surface area contributed by atoms with Crippen LogP contribution in [0.1, 0.15) is 45.1 Å². The van der Waals surface area contributed by atoms with Gasteiger partial charge in [0.15, 0.2) is 11.5 Å². The number of rotatable bonds is 8. The van der Waals surface area contributed by atoms with Crippen LogP contribution in [0.25, 0.3) is 0 Å². The molecule has 132 valence electrons. The first-order valence-corrected chi connectivity index (χ1v) is 8.27. The lowest BCUT2D eigenvalue weighted by atomic mass is 9.84. The van der Waals surface area contributed by atoms with Crippen molar-refractivity contribution in [1.82, 2.24) is 5.32 Å². The lowest BCUT2D eigenvalue weighted by Gasteiger charge is -2.27. The highest BCUT2D eigenvalue weighted by Crippen LogP contribution is 2.34. The van der Waals surface area contributed by atoms with E-state index in [1.54, 1.807) is 0 Å². The zero-order valence-electron chi connectivity index (χ0n) is 14.3. The molecule has 2 rings (SSSR count). The van der Waals surface area contributed by atoms with Crippen molar-refractivity contribution in [3.8, 4) is 11.5 Å². The normalized spacial score (nSPS) is 13.4. The van der Waals surface area contributed by atoms with Crippen LogP contribution in [-0.4, -0.2) is 36.7 Å². The molecule has 0 bridgehead atoms. The summed E-state index contributed by atoms with van der Waals surface area (Å²) >= 11 is 0. The topological polar surface area (TPSA) is 84.9 Å². The summed E-state index contributed by atoms with van der Waals surface area (Å²) in [6.45, 7) is 5.73. The van der Waals surface area contributed by atoms with Gasteiger partial charge in [-0.05, 0) is 30.5 Å². The molecule has 6 heteroatoms. The fourth-order valence-corrected chi connectivity index (χ4v) is 2.54. The second kappa shape index (κ2) is 8.04. The molecule has 0 atom stereocenters. The minimum Gasteiger partial charge on any atom is -0.486 e. The molecule has 1 aliphatic heterocycles. The van der Waals surface area contributed by atoms with E-state index in [0.29, 0.717) is 39.0 Å². The molecular weight excluding hydrogens is 310 g/mol. The maximum atomic E-state index is 11.9. The predicted octanol–water partition coefficient (Wildman–Crippen LogP) is 2.50. The number of carbonyl (C=O) groups is 2. The summed E-state index contributed by atoms with van der Waals surface area (Å²) in [5.41, 5.74) is 0.824. The Kier molecular flexibility index (Phi) is 6.06. The van der Waals surface area contributed by atoms with Gasteiger partial charge in [0.2, 0.25) is 5.91 Å². The van der Waals surface area contributed by atoms with Crippen molar-refractivity contribution < 1.29 is 24.2 Å². The maximum Gasteiger partial charge on any atom is 0.303 e. The van der Waals surface area contributed by atoms with Gasteiger partial charge in [0.1, 0.15) is 13.2 Å². The van der Waals surface area contributed by atoms with E-state index in [4.69, 9.17) is 14.6 Å². The second-order valence-corrected chi connectivity index (χ2v) is 6.62. The third-order valence-electron chi connectivity index (χ3n) is 4.10. The first-order chi connectivity index (χ1) is 11.4. The van der Waals surface area contributed by atoms with Gasteiger partial charge in [0.25, 0.3) is 0 Å². The summed E-state index contributed by atoms with van der Waals surface area (Å²) in [7, 11) is 0. The van der Waals surface area contributed by atoms with E-state index >= 15 is 0 Å². The molecule has 0 radical (unpaired) electrons. The number of ether oxygens (including phenoxy) is 2. The summed E-state index contributed by atoms with van der Waals surface area (Å²) in [5, 5.41) is 11.5. The summed E-state index contributed by atoms with van der Waals surface area (Å²) < 4.78 is 11.1. The molecule has 1 aliphatic rings. The summed E-state index contributed by atoms with van der Waals surface area (Å²) in [6.07, 6.45) is 1.57. The van der Waals surface area contributed by atoms with E-state index in [1.807, 2.05) is 18.2 Å². The number of unbranched alkanes of at least 4 members (excludes halogenated alkanes) is 1. The standard InChI is InChI=1S/C18H25NO5/c1-18(2,12-19-16(20)5-3-4-6-17(21)22)13-7-8-14-15(11-13)24-10-9-23-14/h7-8,11H,3-6,9-10,12H2,1-2H3,(H,19,20)(H,21,22). The SMILES string of the molecule is CC(C)(CNC(=O)CCCCC(=O)O)c1ccc2c(c1)OCCO2. The average Bonchev–Trinajstić information content (AvgIpc) is 2.56. The smallest absolute Gasteiger partial charge is 0.303 e. The van der Waals surface area contributed by atoms with Crippen molar-refractivity contribution in [2.24, 2.45) is 0 Å². The molecule has 1 heterocycles. The lowest BCUT2D eigenvalue weighted by Crippen LogP contribution is -2.36. The molecule has 0 saturated carbocycles. The molecule has 0 spiro atoms. The molecule has 6 nitrogen and oxygen atoms in total. The Morgan fingerprint density at radius 3 is 2.50 bits per heavy atom. The first kappa shape index (κ1) is 18.1. The van der Waals surface area contributed by atoms with Crippen molar-refractivity contribution >= 4 is 11.9 Å². The number of carbonyl (C=O) groups excluding carboxylic acids is 1. The number of nitrogens with one attached hydrogen (secondary N) is 1. The van der Waals surface area contributed by atoms with E-state index in [2.05, 4.69) is 19.2 Å². The van der Waals surface area contributed by atoms with Gasteiger partial charge in [-0.1, -0.05) is 19.9 Å². The van der Waals surface area contributed by atoms with E-state index in [9.17, 15) is 9.59 Å². The van der Waals surface area contributed by atoms with Crippen LogP contribution in [0.5, 0.6) is 11.5 Å². The van der Waals surface area contributed by atoms with Gasteiger partial charge >= 0.3 is 5.97 Å². The number of carboxylic acid groups (broad SMARTS) is 1. The molecule has 1 aromatic carbocycles. The van der Waals surface area contributed by atoms with Crippen LogP contribution in [0.4, 0.5) is 0 Å². The fourth-order valence-electron chi connectivity index (χ4n) is 2.54. The van der Waals surface area contributed by atoms with Gasteiger partial charge in [-0.25, -0.2) is 0 Å². The molecule has 24 heavy (non-hydrogen) atoms. The molecule has 0 aliphatic carbocycles. The summed E-state index contributed by atoms with van der Waals surface area (Å²) in [6, 6.07) is 5.86. The van der Waals surface area contributed by atoms with Crippen LogP contribution < -0.4 is 14.8 Å². The number of benzene rings is 1. The Hall–Kier alpha value is -2.24. The van der Waals surface area contributed by atoms with E-state index < -0.39 is 5.97 Å². The number of amides is 1. The van der Waals surface area contributed by atoms with Crippen LogP contribution in [0, 0.1) is 0 Å². The minimum atomic E-state index is -0.824. The highest BCUT2D eigenvalue weighted by Gasteiger charge is 2.24. The van der Waals surface area contributed by atoms with Crippen LogP contribution in [0.15, 0.2) is 18.2 Å². The average molecular weight is 335 g/mol. The highest BCUT2D eigenvalue weighted by atomic mass is 16.6. The van der Waals surface area contributed by atoms with Gasteiger partial charge in [0, 0.05) is 24.8 Å². The minimum absolute atomic E-state index is 0.0500. The zero-order valence-corrected chi connectivity index (χ0v) is 14.3. The highest BCUT2D eigenvalue weighted by molar-refractivity contribution is 5.76. The molecule has 1 amide bonds. The third kappa shape index (κ3) is 5.15. The van der Waals surface area contributed by atoms with Crippen LogP contribution in [-0.2, 0) is 15.0 Å². The Morgan fingerprint density at radius 1 is 1.12 bits per heavy atom. The first-order valence-electron chi connectivity index (χ1n) is 8.27. The lowest BCUT2D eigenvalue weighted by molar-refractivity contribution is -0.137. The fraction of sp³-hybridized carbons (Fsp3) is 0.556. The molecular formula is C18H25NO5. The monoisotopic (exact) mass is 335 g/mol. The molecule has 1 aromatic rings. The Bertz CT molecular complexity index is 597. The quantitative estimate of drug-likeness (QED) is 0.713. The van der Waals surface area contributed by atoms with Crippen molar-refractivity contribution in [1.29, 1.82) is 0 Å². The van der Waals surface area contributed by atoms with E-state index in [1.165, 1.54) is 0 Å². The van der Waals surface area contributed by atoms with Gasteiger partial charge in [-0.3, -0.25) is 9.59 Å². The Morgan fingerprint density at radius 2 is 1.79 bits per heavy atom. The van der Waals surface area contributed by atoms with Gasteiger partial charge in [-0.2, -0.15) is 0 Å². The van der Waals surface area contributed by atoms with Gasteiger partial charge < -0.3 is 19.9 Å². The zero-order chi connectivity index (χ0) is 17.6. The molecule has 0 fully saturated rings. The van der Waals surface area contributed by atoms with Crippen LogP contribution in [0.2, 0.25) is 0 Å². The van der Waals surface area contributed by atoms with Crippen molar-refractivity contribution in [3.05, 3.63) is 23.8 Å². The van der Waals surface area contributed by atoms with Crippen molar-refractivity contribution in [3.63, 3.8) is 0 Å². The largest absolute Gasteiger partial charge is 0.486 e. The van der Waals surface area contributed by atoms with Gasteiger partial charge in [-0.15, -0.1) is 0 Å². The number of carboxylic acids is 1. The van der Waals surface area contributed by atoms with Crippen molar-refractivity contribution in [2.45, 2.75) is 44.9 Å². The van der Waals surface area contributed by atoms with Crippen LogP contribution >= 0.6 is 0 Å². The van der Waals surface area contributed by atoms with E-state index in [-0.39, 0.29) is 17.7 Å². The molecule has 0 unspecified atom stereocenters. The van der Waals surface area contributed by atoms with Gasteiger partial charge in [0.05, 0.1) is 0 Å². The van der Waals surface area contributed by atoms with Crippen molar-refractivity contribution in [2.75, 3.05) is 19.8 Å². The summed E-state index contributed by atoms with van der Waals surface area (Å²) in [4.78, 5) is 22.3. The number of hydrogen-bond donors (Lipinski definition) is 2. The third-order valence-corrected chi connectivity index (χ3v) is 4.10. The summed E-state index contributed by atoms with van der Waals surface area (Å²) in [5.74, 6) is 0.622. The molecule has 2 N–H and O–H groups in total. The maximum absolute atomic E-state index is 11.9. The number of hydrogen-bond acceptors (Lipinski definition) is 4. The Labute approximate surface area is 142 Å². The Balaban J connectivity index is 1.84. The molecule has 0 saturated heterocycles. The van der Waals surface area contributed by atoms with Crippen LogP contribution in [0.3, 0.4) is 0 Å². The van der Waals surface area contributed by atoms with E-state index in [0.717, 1.165) is 17.1 Å². The molecule has 0 aromatic heterocycles. The number of fused-ring (bicyclic) bond motifs is 1. The number of aliphatic carboxylic acids is 1.